The van der Waals surface area contributed by atoms with Crippen molar-refractivity contribution in [3.8, 4) is 0 Å². The summed E-state index contributed by atoms with van der Waals surface area (Å²) < 4.78 is 0. The fourth-order valence-electron chi connectivity index (χ4n) is 2.76. The van der Waals surface area contributed by atoms with Crippen LogP contribution in [-0.4, -0.2) is 60.8 Å². The number of hydrogen-bond acceptors (Lipinski definition) is 3. The van der Waals surface area contributed by atoms with Crippen molar-refractivity contribution < 1.29 is 9.90 Å². The van der Waals surface area contributed by atoms with Gasteiger partial charge in [0.1, 0.15) is 0 Å². The molecule has 1 unspecified atom stereocenters. The number of amides is 1. The van der Waals surface area contributed by atoms with Crippen molar-refractivity contribution in [1.82, 2.24) is 15.1 Å². The highest BCUT2D eigenvalue weighted by atomic mass is 16.4. The molecule has 1 amide bonds. The zero-order valence-electron chi connectivity index (χ0n) is 12.9. The highest BCUT2D eigenvalue weighted by Crippen LogP contribution is 2.16. The van der Waals surface area contributed by atoms with E-state index in [1.807, 2.05) is 0 Å². The summed E-state index contributed by atoms with van der Waals surface area (Å²) in [6, 6.07) is 9.17. The van der Waals surface area contributed by atoms with Crippen molar-refractivity contribution in [1.29, 1.82) is 0 Å². The number of nitrogens with zero attached hydrogens (tertiary/aromatic N) is 2. The molecule has 1 aromatic carbocycles. The average Bonchev–Trinajstić information content (AvgIpc) is 2.89. The quantitative estimate of drug-likeness (QED) is 0.836. The number of hydrogen-bond donors (Lipinski definition) is 2. The van der Waals surface area contributed by atoms with E-state index in [-0.39, 0.29) is 0 Å². The summed E-state index contributed by atoms with van der Waals surface area (Å²) in [6.45, 7) is 3.76. The van der Waals surface area contributed by atoms with Gasteiger partial charge >= 0.3 is 6.09 Å². The van der Waals surface area contributed by atoms with E-state index >= 15 is 0 Å². The minimum Gasteiger partial charge on any atom is -0.465 e. The molecule has 2 rings (SSSR count). The monoisotopic (exact) mass is 291 g/mol. The van der Waals surface area contributed by atoms with Crippen LogP contribution in [-0.2, 0) is 13.0 Å². The molecule has 1 aliphatic rings. The minimum atomic E-state index is -0.962. The first-order chi connectivity index (χ1) is 10.0. The van der Waals surface area contributed by atoms with Crippen molar-refractivity contribution >= 4 is 6.09 Å². The van der Waals surface area contributed by atoms with Crippen LogP contribution in [0.25, 0.3) is 0 Å². The number of carbonyl (C=O) groups is 1. The van der Waals surface area contributed by atoms with Gasteiger partial charge in [-0.3, -0.25) is 4.90 Å². The van der Waals surface area contributed by atoms with Gasteiger partial charge in [0, 0.05) is 32.2 Å². The van der Waals surface area contributed by atoms with Gasteiger partial charge in [-0.25, -0.2) is 4.79 Å². The van der Waals surface area contributed by atoms with E-state index in [4.69, 9.17) is 5.11 Å². The highest BCUT2D eigenvalue weighted by Gasteiger charge is 2.23. The van der Waals surface area contributed by atoms with E-state index in [1.54, 1.807) is 0 Å². The first kappa shape index (κ1) is 15.8. The Morgan fingerprint density at radius 3 is 2.57 bits per heavy atom. The fraction of sp³-hybridized carbons (Fsp3) is 0.562. The molecule has 1 saturated heterocycles. The Balaban J connectivity index is 1.79. The van der Waals surface area contributed by atoms with Crippen LogP contribution in [0.2, 0.25) is 0 Å². The van der Waals surface area contributed by atoms with Gasteiger partial charge in [-0.1, -0.05) is 24.3 Å². The molecule has 0 radical (unpaired) electrons. The highest BCUT2D eigenvalue weighted by molar-refractivity contribution is 5.64. The van der Waals surface area contributed by atoms with Gasteiger partial charge in [-0.15, -0.1) is 0 Å². The number of benzene rings is 1. The topological polar surface area (TPSA) is 55.8 Å². The van der Waals surface area contributed by atoms with E-state index < -0.39 is 6.09 Å². The molecule has 0 spiro atoms. The predicted molar refractivity (Wildman–Crippen MR) is 83.5 cm³/mol. The number of likely N-dealkylation sites (N-methyl/N-ethyl adjacent to an activating group) is 1. The molecule has 5 heteroatoms. The maximum Gasteiger partial charge on any atom is 0.404 e. The molecular weight excluding hydrogens is 266 g/mol. The summed E-state index contributed by atoms with van der Waals surface area (Å²) in [7, 11) is 4.29. The molecule has 1 aliphatic heterocycles. The van der Waals surface area contributed by atoms with Crippen LogP contribution < -0.4 is 5.32 Å². The van der Waals surface area contributed by atoms with E-state index in [1.165, 1.54) is 17.5 Å². The zero-order chi connectivity index (χ0) is 15.2. The molecule has 1 fully saturated rings. The van der Waals surface area contributed by atoms with Gasteiger partial charge in [0.2, 0.25) is 0 Å². The molecule has 0 aliphatic carbocycles. The predicted octanol–water partition coefficient (Wildman–Crippen LogP) is 1.63. The first-order valence-corrected chi connectivity index (χ1v) is 7.48. The van der Waals surface area contributed by atoms with Gasteiger partial charge < -0.3 is 15.3 Å². The van der Waals surface area contributed by atoms with Gasteiger partial charge in [-0.2, -0.15) is 0 Å². The van der Waals surface area contributed by atoms with Crippen LogP contribution in [0.1, 0.15) is 17.5 Å². The summed E-state index contributed by atoms with van der Waals surface area (Å²) >= 11 is 0. The molecule has 1 aromatic rings. The SMILES string of the molecule is CN(C)C1CCN(Cc2ccc(CCNC(=O)O)cc2)C1. The molecule has 116 valence electrons. The van der Waals surface area contributed by atoms with Crippen molar-refractivity contribution in [2.45, 2.75) is 25.4 Å². The maximum atomic E-state index is 10.4. The summed E-state index contributed by atoms with van der Waals surface area (Å²) in [5.41, 5.74) is 2.49. The van der Waals surface area contributed by atoms with Crippen molar-refractivity contribution in [2.75, 3.05) is 33.7 Å². The largest absolute Gasteiger partial charge is 0.465 e. The number of likely N-dealkylation sites (tertiary alicyclic amines) is 1. The number of carboxylic acid groups (broad SMARTS) is 1. The Hall–Kier alpha value is -1.59. The number of nitrogens with one attached hydrogen (secondary N) is 1. The molecule has 0 saturated carbocycles. The van der Waals surface area contributed by atoms with Crippen LogP contribution >= 0.6 is 0 Å². The Morgan fingerprint density at radius 1 is 1.33 bits per heavy atom. The summed E-state index contributed by atoms with van der Waals surface area (Å²) in [5, 5.41) is 10.9. The van der Waals surface area contributed by atoms with Crippen LogP contribution in [0.4, 0.5) is 4.79 Å². The minimum absolute atomic E-state index is 0.464. The first-order valence-electron chi connectivity index (χ1n) is 7.48. The van der Waals surface area contributed by atoms with Gasteiger partial charge in [0.25, 0.3) is 0 Å². The molecule has 21 heavy (non-hydrogen) atoms. The smallest absolute Gasteiger partial charge is 0.404 e. The van der Waals surface area contributed by atoms with Crippen molar-refractivity contribution in [3.05, 3.63) is 35.4 Å². The molecule has 0 bridgehead atoms. The van der Waals surface area contributed by atoms with E-state index in [0.29, 0.717) is 12.6 Å². The molecule has 2 N–H and O–H groups in total. The van der Waals surface area contributed by atoms with Crippen LogP contribution in [0.15, 0.2) is 24.3 Å². The van der Waals surface area contributed by atoms with Crippen LogP contribution in [0, 0.1) is 0 Å². The Morgan fingerprint density at radius 2 is 2.00 bits per heavy atom. The van der Waals surface area contributed by atoms with E-state index in [2.05, 4.69) is 53.5 Å². The summed E-state index contributed by atoms with van der Waals surface area (Å²) in [6.07, 6.45) is 1.02. The lowest BCUT2D eigenvalue weighted by molar-refractivity contribution is 0.194. The lowest BCUT2D eigenvalue weighted by Gasteiger charge is -2.20. The third-order valence-electron chi connectivity index (χ3n) is 4.10. The molecule has 1 heterocycles. The van der Waals surface area contributed by atoms with Gasteiger partial charge in [-0.05, 0) is 38.1 Å². The summed E-state index contributed by atoms with van der Waals surface area (Å²) in [4.78, 5) is 15.2. The Labute approximate surface area is 126 Å². The van der Waals surface area contributed by atoms with Crippen LogP contribution in [0.3, 0.4) is 0 Å². The second-order valence-electron chi connectivity index (χ2n) is 5.94. The molecule has 0 aromatic heterocycles. The van der Waals surface area contributed by atoms with Crippen LogP contribution in [0.5, 0.6) is 0 Å². The lowest BCUT2D eigenvalue weighted by atomic mass is 10.1. The van der Waals surface area contributed by atoms with Gasteiger partial charge in [0.15, 0.2) is 0 Å². The second kappa shape index (κ2) is 7.43. The third-order valence-corrected chi connectivity index (χ3v) is 4.10. The zero-order valence-corrected chi connectivity index (χ0v) is 12.9. The maximum absolute atomic E-state index is 10.4. The van der Waals surface area contributed by atoms with Crippen molar-refractivity contribution in [2.24, 2.45) is 0 Å². The number of rotatable bonds is 6. The van der Waals surface area contributed by atoms with Crippen molar-refractivity contribution in [3.63, 3.8) is 0 Å². The second-order valence-corrected chi connectivity index (χ2v) is 5.94. The van der Waals surface area contributed by atoms with Gasteiger partial charge in [0.05, 0.1) is 0 Å². The molecular formula is C16H25N3O2. The Bertz CT molecular complexity index is 459. The molecule has 5 nitrogen and oxygen atoms in total. The fourth-order valence-corrected chi connectivity index (χ4v) is 2.76. The third kappa shape index (κ3) is 5.02. The molecule has 1 atom stereocenters. The van der Waals surface area contributed by atoms with E-state index in [9.17, 15) is 4.79 Å². The Kier molecular flexibility index (Phi) is 5.59. The standard InChI is InChI=1S/C16H25N3O2/c1-18(2)15-8-10-19(12-15)11-14-5-3-13(4-6-14)7-9-17-16(20)21/h3-6,15,17H,7-12H2,1-2H3,(H,20,21). The summed E-state index contributed by atoms with van der Waals surface area (Å²) in [5.74, 6) is 0. The van der Waals surface area contributed by atoms with E-state index in [0.717, 1.165) is 26.1 Å². The normalized spacial score (nSPS) is 19.1. The average molecular weight is 291 g/mol. The lowest BCUT2D eigenvalue weighted by Crippen LogP contribution is -2.31.